The van der Waals surface area contributed by atoms with Crippen molar-refractivity contribution in [3.63, 3.8) is 0 Å². The Morgan fingerprint density at radius 2 is 1.80 bits per heavy atom. The predicted molar refractivity (Wildman–Crippen MR) is 86.4 cm³/mol. The number of hydrogen-bond acceptors (Lipinski definition) is 1. The van der Waals surface area contributed by atoms with Gasteiger partial charge in [0.05, 0.1) is 10.6 Å². The van der Waals surface area contributed by atoms with E-state index >= 15 is 0 Å². The highest BCUT2D eigenvalue weighted by atomic mass is 79.9. The van der Waals surface area contributed by atoms with E-state index in [0.717, 1.165) is 16.5 Å². The second-order valence-electron chi connectivity index (χ2n) is 4.62. The number of alkyl halides is 1. The van der Waals surface area contributed by atoms with Crippen LogP contribution < -0.4 is 5.32 Å². The van der Waals surface area contributed by atoms with Gasteiger partial charge in [0.25, 0.3) is 5.91 Å². The molecule has 0 unspecified atom stereocenters. The molecule has 0 saturated carbocycles. The zero-order valence-corrected chi connectivity index (χ0v) is 13.5. The van der Waals surface area contributed by atoms with Gasteiger partial charge in [-0.25, -0.2) is 0 Å². The minimum absolute atomic E-state index is 0.153. The number of halogens is 2. The van der Waals surface area contributed by atoms with E-state index in [9.17, 15) is 4.79 Å². The van der Waals surface area contributed by atoms with Crippen LogP contribution in [0.5, 0.6) is 0 Å². The van der Waals surface area contributed by atoms with Crippen molar-refractivity contribution in [1.82, 2.24) is 5.32 Å². The Labute approximate surface area is 132 Å². The predicted octanol–water partition coefficient (Wildman–Crippen LogP) is 4.47. The Bertz CT molecular complexity index is 610. The summed E-state index contributed by atoms with van der Waals surface area (Å²) in [5.41, 5.74) is 3.82. The van der Waals surface area contributed by atoms with Gasteiger partial charge in [-0.1, -0.05) is 57.9 Å². The molecule has 0 saturated heterocycles. The first-order chi connectivity index (χ1) is 9.60. The van der Waals surface area contributed by atoms with E-state index in [1.807, 2.05) is 37.3 Å². The molecule has 0 radical (unpaired) electrons. The van der Waals surface area contributed by atoms with E-state index in [1.165, 1.54) is 5.56 Å². The van der Waals surface area contributed by atoms with Crippen molar-refractivity contribution in [2.75, 3.05) is 0 Å². The number of rotatable bonds is 4. The third kappa shape index (κ3) is 3.84. The first kappa shape index (κ1) is 15.1. The van der Waals surface area contributed by atoms with E-state index in [0.29, 0.717) is 17.1 Å². The maximum absolute atomic E-state index is 12.1. The van der Waals surface area contributed by atoms with Crippen LogP contribution in [0.4, 0.5) is 0 Å². The molecule has 2 nitrogen and oxygen atoms in total. The van der Waals surface area contributed by atoms with Crippen LogP contribution in [0.2, 0.25) is 5.02 Å². The highest BCUT2D eigenvalue weighted by Gasteiger charge is 2.09. The van der Waals surface area contributed by atoms with E-state index < -0.39 is 0 Å². The standard InChI is InChI=1S/C16H15BrClNO/c1-11-2-7-14(15(18)8-11)16(20)19-10-13-5-3-12(9-17)4-6-13/h2-8H,9-10H2,1H3,(H,19,20). The summed E-state index contributed by atoms with van der Waals surface area (Å²) in [5, 5.41) is 4.19. The van der Waals surface area contributed by atoms with Crippen LogP contribution in [0.1, 0.15) is 27.0 Å². The lowest BCUT2D eigenvalue weighted by Gasteiger charge is -2.08. The quantitative estimate of drug-likeness (QED) is 0.808. The van der Waals surface area contributed by atoms with Gasteiger partial charge in [-0.3, -0.25) is 4.79 Å². The molecule has 0 atom stereocenters. The van der Waals surface area contributed by atoms with Crippen molar-refractivity contribution in [3.05, 3.63) is 69.7 Å². The zero-order chi connectivity index (χ0) is 14.5. The number of aryl methyl sites for hydroxylation is 1. The lowest BCUT2D eigenvalue weighted by atomic mass is 10.1. The van der Waals surface area contributed by atoms with Gasteiger partial charge in [-0.2, -0.15) is 0 Å². The number of carbonyl (C=O) groups excluding carboxylic acids is 1. The largest absolute Gasteiger partial charge is 0.348 e. The number of hydrogen-bond donors (Lipinski definition) is 1. The van der Waals surface area contributed by atoms with Crippen LogP contribution in [0.25, 0.3) is 0 Å². The second kappa shape index (κ2) is 6.91. The minimum atomic E-state index is -0.153. The van der Waals surface area contributed by atoms with E-state index in [4.69, 9.17) is 11.6 Å². The summed E-state index contributed by atoms with van der Waals surface area (Å²) in [6.45, 7) is 2.44. The van der Waals surface area contributed by atoms with Crippen LogP contribution in [0.15, 0.2) is 42.5 Å². The molecule has 0 aliphatic carbocycles. The molecule has 20 heavy (non-hydrogen) atoms. The Balaban J connectivity index is 2.00. The first-order valence-corrected chi connectivity index (χ1v) is 7.78. The van der Waals surface area contributed by atoms with Crippen molar-refractivity contribution >= 4 is 33.4 Å². The summed E-state index contributed by atoms with van der Waals surface area (Å²) in [4.78, 5) is 12.1. The van der Waals surface area contributed by atoms with Gasteiger partial charge in [-0.05, 0) is 35.7 Å². The summed E-state index contributed by atoms with van der Waals surface area (Å²) in [6, 6.07) is 13.5. The molecule has 0 aliphatic heterocycles. The molecule has 2 aromatic rings. The van der Waals surface area contributed by atoms with E-state index in [-0.39, 0.29) is 5.91 Å². The summed E-state index contributed by atoms with van der Waals surface area (Å²) < 4.78 is 0. The summed E-state index contributed by atoms with van der Waals surface area (Å²) in [5.74, 6) is -0.153. The average Bonchev–Trinajstić information content (AvgIpc) is 2.45. The Kier molecular flexibility index (Phi) is 5.21. The van der Waals surface area contributed by atoms with Gasteiger partial charge in [0, 0.05) is 11.9 Å². The molecule has 2 aromatic carbocycles. The molecule has 0 spiro atoms. The van der Waals surface area contributed by atoms with Crippen molar-refractivity contribution in [3.8, 4) is 0 Å². The first-order valence-electron chi connectivity index (χ1n) is 6.28. The van der Waals surface area contributed by atoms with Crippen LogP contribution in [-0.2, 0) is 11.9 Å². The van der Waals surface area contributed by atoms with Crippen molar-refractivity contribution in [2.24, 2.45) is 0 Å². The average molecular weight is 353 g/mol. The number of benzene rings is 2. The molecule has 2 rings (SSSR count). The second-order valence-corrected chi connectivity index (χ2v) is 5.58. The molecule has 0 fully saturated rings. The van der Waals surface area contributed by atoms with Gasteiger partial charge >= 0.3 is 0 Å². The summed E-state index contributed by atoms with van der Waals surface area (Å²) in [6.07, 6.45) is 0. The van der Waals surface area contributed by atoms with Crippen molar-refractivity contribution in [2.45, 2.75) is 18.8 Å². The Morgan fingerprint density at radius 3 is 2.40 bits per heavy atom. The zero-order valence-electron chi connectivity index (χ0n) is 11.1. The van der Waals surface area contributed by atoms with Gasteiger partial charge < -0.3 is 5.32 Å². The molecule has 1 N–H and O–H groups in total. The monoisotopic (exact) mass is 351 g/mol. The molecular formula is C16H15BrClNO. The topological polar surface area (TPSA) is 29.1 Å². The fraction of sp³-hybridized carbons (Fsp3) is 0.188. The lowest BCUT2D eigenvalue weighted by Crippen LogP contribution is -2.23. The third-order valence-corrected chi connectivity index (χ3v) is 3.96. The van der Waals surface area contributed by atoms with Crippen LogP contribution in [-0.4, -0.2) is 5.91 Å². The summed E-state index contributed by atoms with van der Waals surface area (Å²) in [7, 11) is 0. The van der Waals surface area contributed by atoms with Gasteiger partial charge in [-0.15, -0.1) is 0 Å². The van der Waals surface area contributed by atoms with Gasteiger partial charge in [0.1, 0.15) is 0 Å². The number of nitrogens with one attached hydrogen (secondary N) is 1. The fourth-order valence-electron chi connectivity index (χ4n) is 1.83. The highest BCUT2D eigenvalue weighted by Crippen LogP contribution is 2.17. The van der Waals surface area contributed by atoms with Crippen LogP contribution in [0.3, 0.4) is 0 Å². The van der Waals surface area contributed by atoms with Crippen molar-refractivity contribution in [1.29, 1.82) is 0 Å². The van der Waals surface area contributed by atoms with Crippen LogP contribution in [0, 0.1) is 6.92 Å². The van der Waals surface area contributed by atoms with Gasteiger partial charge in [0.2, 0.25) is 0 Å². The number of amides is 1. The van der Waals surface area contributed by atoms with E-state index in [1.54, 1.807) is 12.1 Å². The molecule has 0 aliphatic rings. The molecule has 0 aromatic heterocycles. The van der Waals surface area contributed by atoms with Crippen molar-refractivity contribution < 1.29 is 4.79 Å². The van der Waals surface area contributed by atoms with Crippen LogP contribution >= 0.6 is 27.5 Å². The smallest absolute Gasteiger partial charge is 0.253 e. The highest BCUT2D eigenvalue weighted by molar-refractivity contribution is 9.08. The normalized spacial score (nSPS) is 10.3. The minimum Gasteiger partial charge on any atom is -0.348 e. The molecule has 4 heteroatoms. The molecule has 1 amide bonds. The maximum atomic E-state index is 12.1. The molecule has 104 valence electrons. The Morgan fingerprint density at radius 1 is 1.15 bits per heavy atom. The number of carbonyl (C=O) groups is 1. The third-order valence-electron chi connectivity index (χ3n) is 3.00. The van der Waals surface area contributed by atoms with Gasteiger partial charge in [0.15, 0.2) is 0 Å². The summed E-state index contributed by atoms with van der Waals surface area (Å²) >= 11 is 9.48. The fourth-order valence-corrected chi connectivity index (χ4v) is 2.52. The lowest BCUT2D eigenvalue weighted by molar-refractivity contribution is 0.0951. The molecule has 0 bridgehead atoms. The molecule has 0 heterocycles. The van der Waals surface area contributed by atoms with E-state index in [2.05, 4.69) is 21.2 Å². The maximum Gasteiger partial charge on any atom is 0.253 e. The molecular weight excluding hydrogens is 338 g/mol. The Hall–Kier alpha value is -1.32. The SMILES string of the molecule is Cc1ccc(C(=O)NCc2ccc(CBr)cc2)c(Cl)c1.